The number of nitrogens with zero attached hydrogens (tertiary/aromatic N) is 2. The standard InChI is InChI=1S/C20H22ClFN2O2/c1-26-20(25)16-7-5-15(6-8-16)13-23-9-11-24(12-10-23)14-17-18(21)3-2-4-19(17)22/h2-8H,9-14H2,1H3. The van der Waals surface area contributed by atoms with Crippen LogP contribution in [0.15, 0.2) is 42.5 Å². The van der Waals surface area contributed by atoms with E-state index in [-0.39, 0.29) is 11.8 Å². The molecule has 0 radical (unpaired) electrons. The monoisotopic (exact) mass is 376 g/mol. The number of benzene rings is 2. The molecule has 1 fully saturated rings. The third-order valence-corrected chi connectivity index (χ3v) is 5.04. The summed E-state index contributed by atoms with van der Waals surface area (Å²) < 4.78 is 18.6. The van der Waals surface area contributed by atoms with Crippen molar-refractivity contribution in [1.82, 2.24) is 9.80 Å². The van der Waals surface area contributed by atoms with Crippen LogP contribution in [0.5, 0.6) is 0 Å². The summed E-state index contributed by atoms with van der Waals surface area (Å²) >= 11 is 6.12. The Morgan fingerprint density at radius 1 is 1.04 bits per heavy atom. The first-order valence-electron chi connectivity index (χ1n) is 8.61. The van der Waals surface area contributed by atoms with E-state index >= 15 is 0 Å². The lowest BCUT2D eigenvalue weighted by Gasteiger charge is -2.35. The van der Waals surface area contributed by atoms with Crippen LogP contribution in [0.2, 0.25) is 5.02 Å². The number of ether oxygens (including phenoxy) is 1. The fourth-order valence-corrected chi connectivity index (χ4v) is 3.36. The number of halogens is 2. The Hall–Kier alpha value is -1.95. The lowest BCUT2D eigenvalue weighted by Crippen LogP contribution is -2.45. The summed E-state index contributed by atoms with van der Waals surface area (Å²) in [5, 5.41) is 0.484. The second-order valence-electron chi connectivity index (χ2n) is 6.44. The van der Waals surface area contributed by atoms with E-state index < -0.39 is 0 Å². The maximum atomic E-state index is 13.9. The second-order valence-corrected chi connectivity index (χ2v) is 6.85. The Balaban J connectivity index is 1.51. The molecule has 1 saturated heterocycles. The smallest absolute Gasteiger partial charge is 0.337 e. The van der Waals surface area contributed by atoms with Crippen molar-refractivity contribution in [3.8, 4) is 0 Å². The number of carbonyl (C=O) groups excluding carboxylic acids is 1. The molecule has 138 valence electrons. The van der Waals surface area contributed by atoms with Gasteiger partial charge in [0, 0.05) is 49.9 Å². The van der Waals surface area contributed by atoms with E-state index in [0.717, 1.165) is 38.3 Å². The van der Waals surface area contributed by atoms with Crippen LogP contribution in [0.25, 0.3) is 0 Å². The van der Waals surface area contributed by atoms with Crippen molar-refractivity contribution < 1.29 is 13.9 Å². The second kappa shape index (κ2) is 8.62. The summed E-state index contributed by atoms with van der Waals surface area (Å²) in [6.45, 7) is 4.91. The lowest BCUT2D eigenvalue weighted by molar-refractivity contribution is 0.0600. The van der Waals surface area contributed by atoms with Crippen molar-refractivity contribution in [3.05, 3.63) is 70.0 Å². The molecule has 0 atom stereocenters. The van der Waals surface area contributed by atoms with Gasteiger partial charge in [0.1, 0.15) is 5.82 Å². The van der Waals surface area contributed by atoms with Crippen molar-refractivity contribution in [2.45, 2.75) is 13.1 Å². The van der Waals surface area contributed by atoms with Crippen LogP contribution < -0.4 is 0 Å². The molecular weight excluding hydrogens is 355 g/mol. The average Bonchev–Trinajstić information content (AvgIpc) is 2.66. The van der Waals surface area contributed by atoms with E-state index in [1.165, 1.54) is 13.2 Å². The highest BCUT2D eigenvalue weighted by atomic mass is 35.5. The van der Waals surface area contributed by atoms with Crippen LogP contribution in [-0.2, 0) is 17.8 Å². The normalized spacial score (nSPS) is 15.8. The minimum Gasteiger partial charge on any atom is -0.465 e. The number of hydrogen-bond acceptors (Lipinski definition) is 4. The molecule has 0 amide bonds. The number of carbonyl (C=O) groups is 1. The highest BCUT2D eigenvalue weighted by Gasteiger charge is 2.19. The van der Waals surface area contributed by atoms with Crippen molar-refractivity contribution in [2.24, 2.45) is 0 Å². The highest BCUT2D eigenvalue weighted by Crippen LogP contribution is 2.21. The van der Waals surface area contributed by atoms with Gasteiger partial charge in [-0.1, -0.05) is 29.8 Å². The molecule has 4 nitrogen and oxygen atoms in total. The largest absolute Gasteiger partial charge is 0.465 e. The molecule has 0 bridgehead atoms. The summed E-state index contributed by atoms with van der Waals surface area (Å²) in [5.41, 5.74) is 2.28. The molecule has 6 heteroatoms. The van der Waals surface area contributed by atoms with Gasteiger partial charge in [0.25, 0.3) is 0 Å². The SMILES string of the molecule is COC(=O)c1ccc(CN2CCN(Cc3c(F)cccc3Cl)CC2)cc1. The Kier molecular flexibility index (Phi) is 6.25. The zero-order valence-electron chi connectivity index (χ0n) is 14.8. The predicted octanol–water partition coefficient (Wildman–Crippen LogP) is 3.58. The topological polar surface area (TPSA) is 32.8 Å². The van der Waals surface area contributed by atoms with Gasteiger partial charge in [-0.05, 0) is 29.8 Å². The molecular formula is C20H22ClFN2O2. The zero-order chi connectivity index (χ0) is 18.5. The van der Waals surface area contributed by atoms with Crippen LogP contribution in [0.1, 0.15) is 21.5 Å². The van der Waals surface area contributed by atoms with Crippen molar-refractivity contribution >= 4 is 17.6 Å². The summed E-state index contributed by atoms with van der Waals surface area (Å²) in [4.78, 5) is 16.1. The van der Waals surface area contributed by atoms with Gasteiger partial charge in [-0.2, -0.15) is 0 Å². The Morgan fingerprint density at radius 2 is 1.65 bits per heavy atom. The molecule has 0 N–H and O–H groups in total. The van der Waals surface area contributed by atoms with Crippen LogP contribution in [-0.4, -0.2) is 49.1 Å². The number of rotatable bonds is 5. The number of hydrogen-bond donors (Lipinski definition) is 0. The van der Waals surface area contributed by atoms with Crippen LogP contribution in [0.4, 0.5) is 4.39 Å². The molecule has 0 spiro atoms. The van der Waals surface area contributed by atoms with Gasteiger partial charge in [0.05, 0.1) is 12.7 Å². The summed E-state index contributed by atoms with van der Waals surface area (Å²) in [7, 11) is 1.38. The summed E-state index contributed by atoms with van der Waals surface area (Å²) in [5.74, 6) is -0.567. The molecule has 2 aromatic rings. The molecule has 1 aliphatic heterocycles. The van der Waals surface area contributed by atoms with Gasteiger partial charge in [0.2, 0.25) is 0 Å². The van der Waals surface area contributed by atoms with Crippen molar-refractivity contribution in [2.75, 3.05) is 33.3 Å². The Morgan fingerprint density at radius 3 is 2.23 bits per heavy atom. The van der Waals surface area contributed by atoms with Crippen molar-refractivity contribution in [1.29, 1.82) is 0 Å². The van der Waals surface area contributed by atoms with Gasteiger partial charge in [-0.25, -0.2) is 9.18 Å². The van der Waals surface area contributed by atoms with E-state index in [1.807, 2.05) is 12.1 Å². The van der Waals surface area contributed by atoms with Crippen LogP contribution in [0, 0.1) is 5.82 Å². The fourth-order valence-electron chi connectivity index (χ4n) is 3.13. The molecule has 2 aromatic carbocycles. The first kappa shape index (κ1) is 18.8. The maximum absolute atomic E-state index is 13.9. The van der Waals surface area contributed by atoms with Crippen molar-refractivity contribution in [3.63, 3.8) is 0 Å². The molecule has 26 heavy (non-hydrogen) atoms. The third kappa shape index (κ3) is 4.61. The van der Waals surface area contributed by atoms with E-state index in [9.17, 15) is 9.18 Å². The van der Waals surface area contributed by atoms with E-state index in [1.54, 1.807) is 24.3 Å². The summed E-state index contributed by atoms with van der Waals surface area (Å²) in [6.07, 6.45) is 0. The van der Waals surface area contributed by atoms with E-state index in [2.05, 4.69) is 9.80 Å². The first-order chi connectivity index (χ1) is 12.6. The van der Waals surface area contributed by atoms with Gasteiger partial charge in [0.15, 0.2) is 0 Å². The van der Waals surface area contributed by atoms with E-state index in [0.29, 0.717) is 22.7 Å². The van der Waals surface area contributed by atoms with E-state index in [4.69, 9.17) is 16.3 Å². The zero-order valence-corrected chi connectivity index (χ0v) is 15.5. The number of methoxy groups -OCH3 is 1. The molecule has 3 rings (SSSR count). The first-order valence-corrected chi connectivity index (χ1v) is 8.99. The average molecular weight is 377 g/mol. The molecule has 0 unspecified atom stereocenters. The molecule has 1 aliphatic rings. The third-order valence-electron chi connectivity index (χ3n) is 4.69. The lowest BCUT2D eigenvalue weighted by atomic mass is 10.1. The molecule has 0 aliphatic carbocycles. The van der Waals surface area contributed by atoms with Gasteiger partial charge >= 0.3 is 5.97 Å². The Labute approximate surface area is 158 Å². The number of esters is 1. The van der Waals surface area contributed by atoms with Crippen LogP contribution >= 0.6 is 11.6 Å². The fraction of sp³-hybridized carbons (Fsp3) is 0.350. The molecule has 0 saturated carbocycles. The predicted molar refractivity (Wildman–Crippen MR) is 99.7 cm³/mol. The molecule has 1 heterocycles. The highest BCUT2D eigenvalue weighted by molar-refractivity contribution is 6.31. The quantitative estimate of drug-likeness (QED) is 0.747. The van der Waals surface area contributed by atoms with Gasteiger partial charge in [-0.15, -0.1) is 0 Å². The van der Waals surface area contributed by atoms with Gasteiger partial charge < -0.3 is 4.74 Å². The Bertz CT molecular complexity index is 739. The van der Waals surface area contributed by atoms with Gasteiger partial charge in [-0.3, -0.25) is 9.80 Å². The number of piperazine rings is 1. The minimum absolute atomic E-state index is 0.245. The molecule has 0 aromatic heterocycles. The van der Waals surface area contributed by atoms with Crippen LogP contribution in [0.3, 0.4) is 0 Å². The maximum Gasteiger partial charge on any atom is 0.337 e. The summed E-state index contributed by atoms with van der Waals surface area (Å²) in [6, 6.07) is 12.3. The minimum atomic E-state index is -0.322.